The van der Waals surface area contributed by atoms with Gasteiger partial charge in [-0.2, -0.15) is 13.2 Å². The van der Waals surface area contributed by atoms with Crippen LogP contribution in [-0.4, -0.2) is 42.4 Å². The molecule has 8 heteroatoms. The largest absolute Gasteiger partial charge is 0.466 e. The monoisotopic (exact) mass is 309 g/mol. The van der Waals surface area contributed by atoms with Crippen molar-refractivity contribution in [2.75, 3.05) is 13.7 Å². The maximum absolute atomic E-state index is 12.9. The number of alkyl halides is 3. The summed E-state index contributed by atoms with van der Waals surface area (Å²) in [6.07, 6.45) is -4.92. The lowest BCUT2D eigenvalue weighted by Gasteiger charge is -2.32. The second-order valence-corrected chi connectivity index (χ2v) is 5.63. The molecule has 0 aromatic carbocycles. The zero-order valence-corrected chi connectivity index (χ0v) is 12.3. The van der Waals surface area contributed by atoms with Crippen LogP contribution in [-0.2, 0) is 14.3 Å². The van der Waals surface area contributed by atoms with Crippen LogP contribution in [0.1, 0.15) is 27.2 Å². The van der Waals surface area contributed by atoms with E-state index in [4.69, 9.17) is 4.74 Å². The van der Waals surface area contributed by atoms with Crippen molar-refractivity contribution in [2.24, 2.45) is 5.92 Å². The van der Waals surface area contributed by atoms with E-state index in [2.05, 4.69) is 4.74 Å². The van der Waals surface area contributed by atoms with E-state index in [9.17, 15) is 22.8 Å². The number of hydrogen-bond donors (Lipinski definition) is 0. The average molecular weight is 309 g/mol. The van der Waals surface area contributed by atoms with Crippen LogP contribution in [0.4, 0.5) is 18.0 Å². The van der Waals surface area contributed by atoms with Gasteiger partial charge in [0.25, 0.3) is 0 Å². The predicted octanol–water partition coefficient (Wildman–Crippen LogP) is 2.86. The summed E-state index contributed by atoms with van der Waals surface area (Å²) in [7, 11) is 0.989. The van der Waals surface area contributed by atoms with Gasteiger partial charge in [0, 0.05) is 12.7 Å². The molecule has 0 aliphatic carbocycles. The molecule has 0 aromatic rings. The standard InChI is InChI=1S/C13H18F3NO4/c1-12(2,3)21-11(19)17-6-5-9(13(14,15)16)8(7-17)10(18)20-4/h7,9H,5-6H2,1-4H3/t9-/m1/s1. The molecular weight excluding hydrogens is 291 g/mol. The summed E-state index contributed by atoms with van der Waals surface area (Å²) in [6.45, 7) is 4.73. The maximum Gasteiger partial charge on any atom is 0.414 e. The summed E-state index contributed by atoms with van der Waals surface area (Å²) >= 11 is 0. The Morgan fingerprint density at radius 1 is 1.29 bits per heavy atom. The quantitative estimate of drug-likeness (QED) is 0.699. The SMILES string of the molecule is COC(=O)C1=CN(C(=O)OC(C)(C)C)CC[C@H]1C(F)(F)F. The Morgan fingerprint density at radius 3 is 2.29 bits per heavy atom. The molecule has 1 aliphatic rings. The van der Waals surface area contributed by atoms with Gasteiger partial charge in [0.05, 0.1) is 18.6 Å². The van der Waals surface area contributed by atoms with Crippen molar-refractivity contribution < 1.29 is 32.2 Å². The van der Waals surface area contributed by atoms with Crippen LogP contribution in [0.5, 0.6) is 0 Å². The van der Waals surface area contributed by atoms with Gasteiger partial charge in [0.2, 0.25) is 0 Å². The van der Waals surface area contributed by atoms with Gasteiger partial charge in [-0.25, -0.2) is 9.59 Å². The first kappa shape index (κ1) is 17.3. The Balaban J connectivity index is 3.03. The minimum atomic E-state index is -4.57. The normalized spacial score (nSPS) is 19.9. The van der Waals surface area contributed by atoms with Gasteiger partial charge in [-0.05, 0) is 27.2 Å². The van der Waals surface area contributed by atoms with Crippen molar-refractivity contribution in [1.82, 2.24) is 4.90 Å². The van der Waals surface area contributed by atoms with Gasteiger partial charge in [-0.3, -0.25) is 4.90 Å². The van der Waals surface area contributed by atoms with Crippen molar-refractivity contribution in [1.29, 1.82) is 0 Å². The number of esters is 1. The van der Waals surface area contributed by atoms with E-state index in [1.807, 2.05) is 0 Å². The Hall–Kier alpha value is -1.73. The number of halogens is 3. The Morgan fingerprint density at radius 2 is 1.86 bits per heavy atom. The van der Waals surface area contributed by atoms with E-state index in [0.29, 0.717) is 0 Å². The van der Waals surface area contributed by atoms with Crippen LogP contribution >= 0.6 is 0 Å². The van der Waals surface area contributed by atoms with E-state index < -0.39 is 41.8 Å². The first-order chi connectivity index (χ1) is 9.45. The molecule has 0 aromatic heterocycles. The molecule has 0 unspecified atom stereocenters. The van der Waals surface area contributed by atoms with Gasteiger partial charge in [0.15, 0.2) is 0 Å². The summed E-state index contributed by atoms with van der Waals surface area (Å²) in [6, 6.07) is 0. The van der Waals surface area contributed by atoms with Crippen molar-refractivity contribution in [3.63, 3.8) is 0 Å². The highest BCUT2D eigenvalue weighted by Crippen LogP contribution is 2.37. The number of carbonyl (C=O) groups is 2. The third-order valence-corrected chi connectivity index (χ3v) is 2.77. The Kier molecular flexibility index (Phi) is 4.91. The van der Waals surface area contributed by atoms with Gasteiger partial charge in [-0.1, -0.05) is 0 Å². The smallest absolute Gasteiger partial charge is 0.414 e. The second kappa shape index (κ2) is 5.95. The molecule has 21 heavy (non-hydrogen) atoms. The molecule has 0 saturated heterocycles. The van der Waals surface area contributed by atoms with Gasteiger partial charge < -0.3 is 9.47 Å². The van der Waals surface area contributed by atoms with Crippen molar-refractivity contribution in [3.05, 3.63) is 11.8 Å². The third kappa shape index (κ3) is 4.64. The minimum absolute atomic E-state index is 0.181. The molecule has 0 saturated carbocycles. The van der Waals surface area contributed by atoms with Gasteiger partial charge in [-0.15, -0.1) is 0 Å². The summed E-state index contributed by atoms with van der Waals surface area (Å²) in [5.74, 6) is -3.05. The van der Waals surface area contributed by atoms with Crippen LogP contribution < -0.4 is 0 Å². The molecule has 0 bridgehead atoms. The zero-order chi connectivity index (χ0) is 16.4. The van der Waals surface area contributed by atoms with Crippen LogP contribution in [0.25, 0.3) is 0 Å². The number of carbonyl (C=O) groups excluding carboxylic acids is 2. The topological polar surface area (TPSA) is 55.8 Å². The van der Waals surface area contributed by atoms with Crippen LogP contribution in [0.2, 0.25) is 0 Å². The molecular formula is C13H18F3NO4. The highest BCUT2D eigenvalue weighted by Gasteiger charge is 2.47. The predicted molar refractivity (Wildman–Crippen MR) is 67.2 cm³/mol. The summed E-state index contributed by atoms with van der Waals surface area (Å²) < 4.78 is 48.1. The number of ether oxygens (including phenoxy) is 2. The average Bonchev–Trinajstić information content (AvgIpc) is 2.34. The number of amides is 1. The Labute approximate surface area is 120 Å². The van der Waals surface area contributed by atoms with Crippen LogP contribution in [0.15, 0.2) is 11.8 Å². The molecule has 1 heterocycles. The summed E-state index contributed by atoms with van der Waals surface area (Å²) in [5.41, 5.74) is -1.38. The molecule has 0 fully saturated rings. The van der Waals surface area contributed by atoms with Gasteiger partial charge >= 0.3 is 18.2 Å². The van der Waals surface area contributed by atoms with Crippen molar-refractivity contribution in [2.45, 2.75) is 39.0 Å². The molecule has 1 aliphatic heterocycles. The molecule has 1 rings (SSSR count). The lowest BCUT2D eigenvalue weighted by atomic mass is 9.92. The second-order valence-electron chi connectivity index (χ2n) is 5.63. The fourth-order valence-corrected chi connectivity index (χ4v) is 1.86. The molecule has 0 radical (unpaired) electrons. The maximum atomic E-state index is 12.9. The van der Waals surface area contributed by atoms with E-state index in [-0.39, 0.29) is 6.54 Å². The van der Waals surface area contributed by atoms with E-state index >= 15 is 0 Å². The number of hydrogen-bond acceptors (Lipinski definition) is 4. The van der Waals surface area contributed by atoms with E-state index in [1.54, 1.807) is 20.8 Å². The molecule has 5 nitrogen and oxygen atoms in total. The molecule has 0 spiro atoms. The highest BCUT2D eigenvalue weighted by molar-refractivity contribution is 5.90. The fourth-order valence-electron chi connectivity index (χ4n) is 1.86. The van der Waals surface area contributed by atoms with E-state index in [0.717, 1.165) is 18.2 Å². The lowest BCUT2D eigenvalue weighted by Crippen LogP contribution is -2.41. The summed E-state index contributed by atoms with van der Waals surface area (Å²) in [4.78, 5) is 24.3. The number of methoxy groups -OCH3 is 1. The number of rotatable bonds is 1. The highest BCUT2D eigenvalue weighted by atomic mass is 19.4. The van der Waals surface area contributed by atoms with Crippen molar-refractivity contribution in [3.8, 4) is 0 Å². The minimum Gasteiger partial charge on any atom is -0.466 e. The fraction of sp³-hybridized carbons (Fsp3) is 0.692. The van der Waals surface area contributed by atoms with Crippen molar-refractivity contribution >= 4 is 12.1 Å². The lowest BCUT2D eigenvalue weighted by molar-refractivity contribution is -0.174. The first-order valence-corrected chi connectivity index (χ1v) is 6.32. The van der Waals surface area contributed by atoms with Crippen LogP contribution in [0, 0.1) is 5.92 Å². The third-order valence-electron chi connectivity index (χ3n) is 2.77. The molecule has 120 valence electrons. The molecule has 1 amide bonds. The summed E-state index contributed by atoms with van der Waals surface area (Å²) in [5, 5.41) is 0. The van der Waals surface area contributed by atoms with E-state index in [1.165, 1.54) is 0 Å². The zero-order valence-electron chi connectivity index (χ0n) is 12.3. The molecule has 1 atom stereocenters. The van der Waals surface area contributed by atoms with Gasteiger partial charge in [0.1, 0.15) is 5.60 Å². The van der Waals surface area contributed by atoms with Crippen LogP contribution in [0.3, 0.4) is 0 Å². The molecule has 0 N–H and O–H groups in total. The first-order valence-electron chi connectivity index (χ1n) is 6.32. The Bertz CT molecular complexity index is 451. The number of nitrogens with zero attached hydrogens (tertiary/aromatic N) is 1.